The van der Waals surface area contributed by atoms with Crippen molar-refractivity contribution in [2.45, 2.75) is 33.6 Å². The van der Waals surface area contributed by atoms with Crippen LogP contribution < -0.4 is 5.32 Å². The van der Waals surface area contributed by atoms with Gasteiger partial charge < -0.3 is 10.2 Å². The van der Waals surface area contributed by atoms with Crippen LogP contribution in [0.1, 0.15) is 33.6 Å². The topological polar surface area (TPSA) is 35.6 Å². The van der Waals surface area contributed by atoms with Crippen LogP contribution in [0.3, 0.4) is 0 Å². The first-order valence-electron chi connectivity index (χ1n) is 7.67. The van der Waals surface area contributed by atoms with Gasteiger partial charge in [0, 0.05) is 39.3 Å². The third kappa shape index (κ3) is 4.18. The number of piperidine rings is 1. The number of hydrogen-bond acceptors (Lipinski definition) is 3. The summed E-state index contributed by atoms with van der Waals surface area (Å²) >= 11 is 0. The second-order valence-electron chi connectivity index (χ2n) is 7.05. The monoisotopic (exact) mass is 267 g/mol. The molecule has 0 spiro atoms. The molecule has 4 heteroatoms. The van der Waals surface area contributed by atoms with Crippen molar-refractivity contribution in [1.29, 1.82) is 0 Å². The van der Waals surface area contributed by atoms with Gasteiger partial charge in [0.25, 0.3) is 0 Å². The Morgan fingerprint density at radius 1 is 1.11 bits per heavy atom. The minimum absolute atomic E-state index is 0.328. The van der Waals surface area contributed by atoms with Gasteiger partial charge in [-0.1, -0.05) is 20.8 Å². The van der Waals surface area contributed by atoms with Gasteiger partial charge >= 0.3 is 0 Å². The highest BCUT2D eigenvalue weighted by molar-refractivity contribution is 5.78. The molecule has 1 N–H and O–H groups in total. The number of carbonyl (C=O) groups is 1. The molecule has 0 aliphatic carbocycles. The molecule has 2 aliphatic rings. The zero-order valence-electron chi connectivity index (χ0n) is 12.7. The highest BCUT2D eigenvalue weighted by Crippen LogP contribution is 2.34. The van der Waals surface area contributed by atoms with Crippen molar-refractivity contribution >= 4 is 5.91 Å². The number of carbonyl (C=O) groups excluding carboxylic acids is 1. The van der Waals surface area contributed by atoms with Crippen LogP contribution in [0.4, 0.5) is 0 Å². The number of hydrogen-bond donors (Lipinski definition) is 1. The number of nitrogens with zero attached hydrogens (tertiary/aromatic N) is 2. The lowest BCUT2D eigenvalue weighted by Gasteiger charge is -2.39. The molecule has 110 valence electrons. The molecule has 1 amide bonds. The van der Waals surface area contributed by atoms with E-state index in [1.165, 1.54) is 0 Å². The van der Waals surface area contributed by atoms with E-state index in [1.807, 2.05) is 0 Å². The summed E-state index contributed by atoms with van der Waals surface area (Å²) in [7, 11) is 0. The predicted octanol–water partition coefficient (Wildman–Crippen LogP) is 1.18. The quantitative estimate of drug-likeness (QED) is 0.816. The Kier molecular flexibility index (Phi) is 4.85. The first-order valence-corrected chi connectivity index (χ1v) is 7.67. The number of likely N-dealkylation sites (tertiary alicyclic amines) is 1. The van der Waals surface area contributed by atoms with Crippen molar-refractivity contribution in [2.75, 3.05) is 45.8 Å². The molecule has 0 radical (unpaired) electrons. The van der Waals surface area contributed by atoms with Gasteiger partial charge in [-0.25, -0.2) is 0 Å². The van der Waals surface area contributed by atoms with E-state index in [0.717, 1.165) is 58.0 Å². The molecule has 0 aromatic carbocycles. The third-order valence-corrected chi connectivity index (χ3v) is 4.64. The second-order valence-corrected chi connectivity index (χ2v) is 7.05. The summed E-state index contributed by atoms with van der Waals surface area (Å²) in [6.45, 7) is 13.5. The number of nitrogens with one attached hydrogen (secondary N) is 1. The molecule has 0 aromatic rings. The van der Waals surface area contributed by atoms with Gasteiger partial charge in [0.15, 0.2) is 0 Å². The van der Waals surface area contributed by atoms with Crippen LogP contribution in [0, 0.1) is 11.3 Å². The molecule has 4 nitrogen and oxygen atoms in total. The normalized spacial score (nSPS) is 23.6. The zero-order chi connectivity index (χ0) is 13.9. The van der Waals surface area contributed by atoms with Crippen molar-refractivity contribution in [3.8, 4) is 0 Å². The largest absolute Gasteiger partial charge is 0.342 e. The van der Waals surface area contributed by atoms with E-state index in [0.29, 0.717) is 17.9 Å². The fourth-order valence-electron chi connectivity index (χ4n) is 3.16. The van der Waals surface area contributed by atoms with E-state index in [-0.39, 0.29) is 0 Å². The van der Waals surface area contributed by atoms with Crippen LogP contribution in [0.15, 0.2) is 0 Å². The Hall–Kier alpha value is -0.610. The fourth-order valence-corrected chi connectivity index (χ4v) is 3.16. The Bertz CT molecular complexity index is 297. The Labute approximate surface area is 117 Å². The summed E-state index contributed by atoms with van der Waals surface area (Å²) < 4.78 is 0. The molecule has 0 atom stereocenters. The Morgan fingerprint density at radius 2 is 1.68 bits per heavy atom. The first kappa shape index (κ1) is 14.8. The lowest BCUT2D eigenvalue weighted by Crippen LogP contribution is -2.50. The molecule has 2 saturated heterocycles. The van der Waals surface area contributed by atoms with Crippen LogP contribution >= 0.6 is 0 Å². The minimum atomic E-state index is 0.328. The standard InChI is InChI=1S/C15H29N3O/c1-15(2,3)13-4-8-18(9-5-13)14(19)12-17-10-6-16-7-11-17/h13,16H,4-12H2,1-3H3. The maximum Gasteiger partial charge on any atom is 0.236 e. The van der Waals surface area contributed by atoms with Gasteiger partial charge in [0.2, 0.25) is 5.91 Å². The molecule has 19 heavy (non-hydrogen) atoms. The summed E-state index contributed by atoms with van der Waals surface area (Å²) in [5, 5.41) is 3.32. The van der Waals surface area contributed by atoms with Crippen molar-refractivity contribution < 1.29 is 4.79 Å². The highest BCUT2D eigenvalue weighted by atomic mass is 16.2. The van der Waals surface area contributed by atoms with Crippen molar-refractivity contribution in [1.82, 2.24) is 15.1 Å². The van der Waals surface area contributed by atoms with E-state index < -0.39 is 0 Å². The molecule has 0 unspecified atom stereocenters. The van der Waals surface area contributed by atoms with Crippen molar-refractivity contribution in [3.05, 3.63) is 0 Å². The number of amides is 1. The van der Waals surface area contributed by atoms with E-state index in [4.69, 9.17) is 0 Å². The maximum absolute atomic E-state index is 12.3. The summed E-state index contributed by atoms with van der Waals surface area (Å²) in [4.78, 5) is 16.6. The van der Waals surface area contributed by atoms with Crippen LogP contribution in [0.2, 0.25) is 0 Å². The molecule has 2 fully saturated rings. The smallest absolute Gasteiger partial charge is 0.236 e. The van der Waals surface area contributed by atoms with E-state index in [9.17, 15) is 4.79 Å². The fraction of sp³-hybridized carbons (Fsp3) is 0.933. The van der Waals surface area contributed by atoms with Gasteiger partial charge in [-0.05, 0) is 24.2 Å². The van der Waals surface area contributed by atoms with Crippen LogP contribution in [-0.4, -0.2) is 61.5 Å². The summed E-state index contributed by atoms with van der Waals surface area (Å²) in [5.74, 6) is 1.09. The van der Waals surface area contributed by atoms with Crippen LogP contribution in [-0.2, 0) is 4.79 Å². The average molecular weight is 267 g/mol. The van der Waals surface area contributed by atoms with Gasteiger partial charge in [-0.3, -0.25) is 9.69 Å². The highest BCUT2D eigenvalue weighted by Gasteiger charge is 2.30. The minimum Gasteiger partial charge on any atom is -0.342 e. The number of piperazine rings is 1. The average Bonchev–Trinajstić information content (AvgIpc) is 2.39. The molecule has 2 rings (SSSR count). The van der Waals surface area contributed by atoms with Gasteiger partial charge in [0.1, 0.15) is 0 Å². The molecular formula is C15H29N3O. The van der Waals surface area contributed by atoms with Gasteiger partial charge in [-0.15, -0.1) is 0 Å². The second kappa shape index (κ2) is 6.23. The lowest BCUT2D eigenvalue weighted by atomic mass is 9.75. The molecule has 2 heterocycles. The molecule has 0 aromatic heterocycles. The molecule has 0 saturated carbocycles. The van der Waals surface area contributed by atoms with Crippen molar-refractivity contribution in [2.24, 2.45) is 11.3 Å². The first-order chi connectivity index (χ1) is 8.97. The Morgan fingerprint density at radius 3 is 2.21 bits per heavy atom. The third-order valence-electron chi connectivity index (χ3n) is 4.64. The predicted molar refractivity (Wildman–Crippen MR) is 78.1 cm³/mol. The lowest BCUT2D eigenvalue weighted by molar-refractivity contribution is -0.134. The summed E-state index contributed by atoms with van der Waals surface area (Å²) in [5.41, 5.74) is 0.383. The maximum atomic E-state index is 12.3. The SMILES string of the molecule is CC(C)(C)C1CCN(C(=O)CN2CCNCC2)CC1. The van der Waals surface area contributed by atoms with Gasteiger partial charge in [0.05, 0.1) is 6.54 Å². The van der Waals surface area contributed by atoms with Crippen molar-refractivity contribution in [3.63, 3.8) is 0 Å². The summed E-state index contributed by atoms with van der Waals surface area (Å²) in [6, 6.07) is 0. The van der Waals surface area contributed by atoms with Crippen LogP contribution in [0.25, 0.3) is 0 Å². The Balaban J connectivity index is 1.76. The van der Waals surface area contributed by atoms with E-state index >= 15 is 0 Å². The summed E-state index contributed by atoms with van der Waals surface area (Å²) in [6.07, 6.45) is 2.33. The number of rotatable bonds is 2. The zero-order valence-corrected chi connectivity index (χ0v) is 12.7. The van der Waals surface area contributed by atoms with Gasteiger partial charge in [-0.2, -0.15) is 0 Å². The van der Waals surface area contributed by atoms with Crippen LogP contribution in [0.5, 0.6) is 0 Å². The molecule has 0 bridgehead atoms. The van der Waals surface area contributed by atoms with E-state index in [1.54, 1.807) is 0 Å². The molecular weight excluding hydrogens is 238 g/mol. The van der Waals surface area contributed by atoms with E-state index in [2.05, 4.69) is 35.9 Å². The molecule has 2 aliphatic heterocycles.